The summed E-state index contributed by atoms with van der Waals surface area (Å²) in [5.41, 5.74) is 5.53. The van der Waals surface area contributed by atoms with Gasteiger partial charge in [0.05, 0.1) is 16.7 Å². The van der Waals surface area contributed by atoms with Crippen LogP contribution >= 0.6 is 0 Å². The van der Waals surface area contributed by atoms with E-state index in [0.717, 1.165) is 40.9 Å². The lowest BCUT2D eigenvalue weighted by Crippen LogP contribution is -2.19. The molecule has 154 valence electrons. The zero-order valence-corrected chi connectivity index (χ0v) is 17.5. The average Bonchev–Trinajstić information content (AvgIpc) is 3.25. The van der Waals surface area contributed by atoms with Gasteiger partial charge >= 0.3 is 0 Å². The van der Waals surface area contributed by atoms with E-state index < -0.39 is 11.0 Å². The van der Waals surface area contributed by atoms with Crippen LogP contribution < -0.4 is 9.62 Å². The van der Waals surface area contributed by atoms with Gasteiger partial charge in [-0.1, -0.05) is 12.1 Å². The van der Waals surface area contributed by atoms with Crippen molar-refractivity contribution in [3.8, 4) is 11.3 Å². The average molecular weight is 429 g/mol. The highest BCUT2D eigenvalue weighted by Gasteiger charge is 2.20. The van der Waals surface area contributed by atoms with Crippen molar-refractivity contribution in [2.24, 2.45) is 0 Å². The third kappa shape index (κ3) is 4.04. The van der Waals surface area contributed by atoms with Crippen molar-refractivity contribution in [3.63, 3.8) is 0 Å². The number of nitrogens with zero attached hydrogens (tertiary/aromatic N) is 3. The summed E-state index contributed by atoms with van der Waals surface area (Å²) in [6, 6.07) is 22.5. The Morgan fingerprint density at radius 3 is 2.65 bits per heavy atom. The summed E-state index contributed by atoms with van der Waals surface area (Å²) in [5, 5.41) is 2.95. The first-order chi connectivity index (χ1) is 15.2. The lowest BCUT2D eigenvalue weighted by molar-refractivity contribution is 0.102. The highest BCUT2D eigenvalue weighted by atomic mass is 32.2. The van der Waals surface area contributed by atoms with Crippen LogP contribution in [0.1, 0.15) is 16.8 Å². The third-order valence-corrected chi connectivity index (χ3v) is 6.74. The molecule has 1 aliphatic rings. The van der Waals surface area contributed by atoms with Crippen LogP contribution in [0.15, 0.2) is 79.0 Å². The molecule has 2 aromatic carbocycles. The molecule has 1 amide bonds. The van der Waals surface area contributed by atoms with Crippen LogP contribution in [-0.4, -0.2) is 32.4 Å². The molecule has 7 heteroatoms. The number of hydrogen-bond acceptors (Lipinski definition) is 4. The normalized spacial score (nSPS) is 15.9. The van der Waals surface area contributed by atoms with Crippen molar-refractivity contribution in [2.75, 3.05) is 21.9 Å². The van der Waals surface area contributed by atoms with Gasteiger partial charge in [0.2, 0.25) is 0 Å². The number of amides is 1. The van der Waals surface area contributed by atoms with E-state index in [0.29, 0.717) is 17.0 Å². The molecule has 6 nitrogen and oxygen atoms in total. The van der Waals surface area contributed by atoms with E-state index in [1.54, 1.807) is 18.3 Å². The summed E-state index contributed by atoms with van der Waals surface area (Å²) in [7, 11) is -0.967. The molecule has 2 aromatic heterocycles. The van der Waals surface area contributed by atoms with Gasteiger partial charge in [0.25, 0.3) is 5.91 Å². The van der Waals surface area contributed by atoms with Crippen LogP contribution in [0.5, 0.6) is 0 Å². The van der Waals surface area contributed by atoms with Crippen LogP contribution in [0.2, 0.25) is 0 Å². The summed E-state index contributed by atoms with van der Waals surface area (Å²) < 4.78 is 13.9. The molecule has 0 saturated carbocycles. The molecule has 31 heavy (non-hydrogen) atoms. The maximum absolute atomic E-state index is 12.7. The first-order valence-corrected chi connectivity index (χ1v) is 11.3. The molecular weight excluding hydrogens is 408 g/mol. The first-order valence-electron chi connectivity index (χ1n) is 10.1. The Kier molecular flexibility index (Phi) is 5.18. The Labute approximate surface area is 182 Å². The third-order valence-electron chi connectivity index (χ3n) is 5.22. The van der Waals surface area contributed by atoms with Gasteiger partial charge in [-0.3, -0.25) is 14.1 Å². The highest BCUT2D eigenvalue weighted by Crippen LogP contribution is 2.24. The van der Waals surface area contributed by atoms with Gasteiger partial charge in [0.15, 0.2) is 0 Å². The quantitative estimate of drug-likeness (QED) is 0.522. The maximum Gasteiger partial charge on any atom is 0.255 e. The number of hydrogen-bond donors (Lipinski definition) is 1. The van der Waals surface area contributed by atoms with E-state index in [4.69, 9.17) is 0 Å². The largest absolute Gasteiger partial charge is 0.322 e. The van der Waals surface area contributed by atoms with E-state index in [-0.39, 0.29) is 5.91 Å². The monoisotopic (exact) mass is 428 g/mol. The van der Waals surface area contributed by atoms with Gasteiger partial charge in [-0.05, 0) is 67.1 Å². The van der Waals surface area contributed by atoms with E-state index in [2.05, 4.69) is 15.3 Å². The van der Waals surface area contributed by atoms with Crippen LogP contribution in [-0.2, 0) is 11.0 Å². The fraction of sp³-hybridized carbons (Fsp3) is 0.125. The second kappa shape index (κ2) is 8.28. The van der Waals surface area contributed by atoms with Gasteiger partial charge < -0.3 is 5.32 Å². The lowest BCUT2D eigenvalue weighted by Gasteiger charge is -2.16. The second-order valence-corrected chi connectivity index (χ2v) is 8.79. The van der Waals surface area contributed by atoms with Crippen LogP contribution in [0.3, 0.4) is 0 Å². The smallest absolute Gasteiger partial charge is 0.255 e. The molecule has 3 heterocycles. The number of carbonyl (C=O) groups excluding carboxylic acids is 1. The maximum atomic E-state index is 12.7. The molecule has 1 unspecified atom stereocenters. The van der Waals surface area contributed by atoms with E-state index >= 15 is 0 Å². The molecule has 0 radical (unpaired) electrons. The van der Waals surface area contributed by atoms with E-state index in [9.17, 15) is 9.00 Å². The number of rotatable bonds is 4. The lowest BCUT2D eigenvalue weighted by atomic mass is 10.1. The molecule has 1 atom stereocenters. The Balaban J connectivity index is 1.34. The number of carbonyl (C=O) groups is 1. The minimum atomic E-state index is -0.967. The first kappa shape index (κ1) is 19.4. The Morgan fingerprint density at radius 2 is 1.84 bits per heavy atom. The SMILES string of the molecule is O=C(Nc1cccc(-c2ccc3ncccc3n2)c1)c1ccc(N2CCCS2=O)cc1. The van der Waals surface area contributed by atoms with Gasteiger partial charge in [-0.2, -0.15) is 0 Å². The van der Waals surface area contributed by atoms with Crippen molar-refractivity contribution in [2.45, 2.75) is 6.42 Å². The van der Waals surface area contributed by atoms with Gasteiger partial charge in [-0.15, -0.1) is 0 Å². The summed E-state index contributed by atoms with van der Waals surface area (Å²) in [4.78, 5) is 21.7. The number of anilines is 2. The molecule has 0 spiro atoms. The van der Waals surface area contributed by atoms with Gasteiger partial charge in [0.1, 0.15) is 11.0 Å². The van der Waals surface area contributed by atoms with Crippen molar-refractivity contribution >= 4 is 39.3 Å². The van der Waals surface area contributed by atoms with Crippen molar-refractivity contribution in [1.82, 2.24) is 9.97 Å². The second-order valence-electron chi connectivity index (χ2n) is 7.30. The number of benzene rings is 2. The fourth-order valence-electron chi connectivity index (χ4n) is 3.65. The summed E-state index contributed by atoms with van der Waals surface area (Å²) in [6.07, 6.45) is 2.67. The van der Waals surface area contributed by atoms with E-state index in [1.807, 2.05) is 65.0 Å². The molecule has 1 saturated heterocycles. The molecule has 1 aliphatic heterocycles. The zero-order valence-electron chi connectivity index (χ0n) is 16.7. The fourth-order valence-corrected chi connectivity index (χ4v) is 4.93. The van der Waals surface area contributed by atoms with Crippen molar-refractivity contribution in [1.29, 1.82) is 0 Å². The number of aromatic nitrogens is 2. The van der Waals surface area contributed by atoms with Gasteiger partial charge in [-0.25, -0.2) is 9.19 Å². The van der Waals surface area contributed by atoms with Crippen LogP contribution in [0, 0.1) is 0 Å². The number of nitrogens with one attached hydrogen (secondary N) is 1. The number of pyridine rings is 2. The summed E-state index contributed by atoms with van der Waals surface area (Å²) in [6.45, 7) is 0.782. The van der Waals surface area contributed by atoms with Crippen LogP contribution in [0.25, 0.3) is 22.3 Å². The predicted molar refractivity (Wildman–Crippen MR) is 124 cm³/mol. The Hall–Kier alpha value is -3.58. The number of fused-ring (bicyclic) bond motifs is 1. The summed E-state index contributed by atoms with van der Waals surface area (Å²) in [5.74, 6) is 0.503. The van der Waals surface area contributed by atoms with E-state index in [1.165, 1.54) is 0 Å². The van der Waals surface area contributed by atoms with Crippen molar-refractivity contribution < 1.29 is 9.00 Å². The molecule has 4 aromatic rings. The molecular formula is C24H20N4O2S. The van der Waals surface area contributed by atoms with Crippen LogP contribution in [0.4, 0.5) is 11.4 Å². The molecule has 0 aliphatic carbocycles. The molecule has 1 N–H and O–H groups in total. The topological polar surface area (TPSA) is 75.2 Å². The predicted octanol–water partition coefficient (Wildman–Crippen LogP) is 4.42. The molecule has 0 bridgehead atoms. The zero-order chi connectivity index (χ0) is 21.2. The minimum absolute atomic E-state index is 0.193. The standard InChI is InChI=1S/C24H20N4O2S/c29-24(17-7-9-20(10-8-17)28-14-3-15-31(28)30)26-19-5-1-4-18(16-19)21-11-12-22-23(27-21)6-2-13-25-22/h1-2,4-13,16H,3,14-15H2,(H,26,29). The summed E-state index contributed by atoms with van der Waals surface area (Å²) >= 11 is 0. The van der Waals surface area contributed by atoms with Gasteiger partial charge in [0, 0.05) is 41.0 Å². The van der Waals surface area contributed by atoms with Crippen molar-refractivity contribution in [3.05, 3.63) is 84.6 Å². The minimum Gasteiger partial charge on any atom is -0.322 e. The highest BCUT2D eigenvalue weighted by molar-refractivity contribution is 7.86. The molecule has 5 rings (SSSR count). The molecule has 1 fully saturated rings. The Morgan fingerprint density at radius 1 is 0.968 bits per heavy atom. The Bertz CT molecular complexity index is 1290.